The number of hydrogen-bond donors (Lipinski definition) is 3. The van der Waals surface area contributed by atoms with Crippen molar-refractivity contribution in [3.05, 3.63) is 18.3 Å². The first-order valence-corrected chi connectivity index (χ1v) is 6.91. The van der Waals surface area contributed by atoms with E-state index in [1.165, 1.54) is 0 Å². The van der Waals surface area contributed by atoms with Gasteiger partial charge in [-0.25, -0.2) is 4.98 Å². The molecular weight excluding hydrogens is 240 g/mol. The molecule has 106 valence electrons. The number of hydrogen-bond acceptors (Lipinski definition) is 4. The van der Waals surface area contributed by atoms with Gasteiger partial charge < -0.3 is 16.4 Å². The molecule has 0 saturated heterocycles. The number of carbonyl (C=O) groups excluding carboxylic acids is 1. The fourth-order valence-corrected chi connectivity index (χ4v) is 1.88. The summed E-state index contributed by atoms with van der Waals surface area (Å²) < 4.78 is 0. The molecule has 19 heavy (non-hydrogen) atoms. The lowest BCUT2D eigenvalue weighted by atomic mass is 10.0. The van der Waals surface area contributed by atoms with Gasteiger partial charge >= 0.3 is 0 Å². The van der Waals surface area contributed by atoms with Crippen LogP contribution in [0.3, 0.4) is 0 Å². The van der Waals surface area contributed by atoms with Gasteiger partial charge in [-0.15, -0.1) is 0 Å². The Balaban J connectivity index is 2.18. The number of aromatic nitrogens is 1. The van der Waals surface area contributed by atoms with Crippen LogP contribution in [0.25, 0.3) is 0 Å². The summed E-state index contributed by atoms with van der Waals surface area (Å²) in [5, 5.41) is 6.11. The molecule has 0 atom stereocenters. The molecule has 0 spiro atoms. The molecular formula is C14H24N4O. The molecule has 0 aliphatic carbocycles. The van der Waals surface area contributed by atoms with Gasteiger partial charge in [-0.2, -0.15) is 0 Å². The monoisotopic (exact) mass is 264 g/mol. The van der Waals surface area contributed by atoms with Crippen LogP contribution in [0.1, 0.15) is 33.1 Å². The Morgan fingerprint density at radius 1 is 1.37 bits per heavy atom. The highest BCUT2D eigenvalue weighted by Gasteiger charge is 2.12. The van der Waals surface area contributed by atoms with Crippen molar-refractivity contribution in [2.75, 3.05) is 24.1 Å². The van der Waals surface area contributed by atoms with Crippen LogP contribution in [0.5, 0.6) is 0 Å². The average molecular weight is 264 g/mol. The Hall–Kier alpha value is -1.78. The number of nitrogen functional groups attached to an aromatic ring is 1. The van der Waals surface area contributed by atoms with Crippen molar-refractivity contribution in [2.45, 2.75) is 33.1 Å². The van der Waals surface area contributed by atoms with Gasteiger partial charge in [-0.3, -0.25) is 4.79 Å². The number of amides is 1. The van der Waals surface area contributed by atoms with Crippen molar-refractivity contribution in [1.82, 2.24) is 10.3 Å². The van der Waals surface area contributed by atoms with Crippen LogP contribution >= 0.6 is 0 Å². The smallest absolute Gasteiger partial charge is 0.223 e. The van der Waals surface area contributed by atoms with Crippen LogP contribution < -0.4 is 16.4 Å². The van der Waals surface area contributed by atoms with Gasteiger partial charge in [0.05, 0.1) is 5.69 Å². The van der Waals surface area contributed by atoms with Crippen LogP contribution in [0, 0.1) is 5.92 Å². The van der Waals surface area contributed by atoms with E-state index < -0.39 is 0 Å². The van der Waals surface area contributed by atoms with E-state index in [0.29, 0.717) is 18.1 Å². The molecule has 0 fully saturated rings. The van der Waals surface area contributed by atoms with E-state index in [9.17, 15) is 4.79 Å². The van der Waals surface area contributed by atoms with E-state index in [4.69, 9.17) is 5.73 Å². The van der Waals surface area contributed by atoms with Crippen molar-refractivity contribution in [3.8, 4) is 0 Å². The number of nitrogens with zero attached hydrogens (tertiary/aromatic N) is 1. The van der Waals surface area contributed by atoms with Gasteiger partial charge in [0.1, 0.15) is 5.82 Å². The second-order valence-corrected chi connectivity index (χ2v) is 4.53. The number of pyridine rings is 1. The average Bonchev–Trinajstić information content (AvgIpc) is 2.42. The fraction of sp³-hybridized carbons (Fsp3) is 0.571. The predicted octanol–water partition coefficient (Wildman–Crippen LogP) is 2.02. The van der Waals surface area contributed by atoms with Gasteiger partial charge in [0.2, 0.25) is 5.91 Å². The lowest BCUT2D eigenvalue weighted by Crippen LogP contribution is -2.31. The highest BCUT2D eigenvalue weighted by molar-refractivity contribution is 5.78. The zero-order chi connectivity index (χ0) is 14.1. The van der Waals surface area contributed by atoms with Crippen molar-refractivity contribution >= 4 is 17.4 Å². The maximum Gasteiger partial charge on any atom is 0.223 e. The molecule has 1 rings (SSSR count). The van der Waals surface area contributed by atoms with Crippen LogP contribution in [-0.4, -0.2) is 24.0 Å². The van der Waals surface area contributed by atoms with Crippen molar-refractivity contribution in [3.63, 3.8) is 0 Å². The van der Waals surface area contributed by atoms with Crippen LogP contribution in [0.4, 0.5) is 11.5 Å². The third kappa shape index (κ3) is 5.16. The van der Waals surface area contributed by atoms with E-state index in [1.807, 2.05) is 19.9 Å². The predicted molar refractivity (Wildman–Crippen MR) is 78.8 cm³/mol. The normalized spacial score (nSPS) is 10.5. The second kappa shape index (κ2) is 8.34. The van der Waals surface area contributed by atoms with Crippen molar-refractivity contribution in [2.24, 2.45) is 5.92 Å². The number of nitrogens with two attached hydrogens (primary N) is 1. The molecule has 1 aromatic heterocycles. The van der Waals surface area contributed by atoms with Gasteiger partial charge in [-0.05, 0) is 31.4 Å². The Morgan fingerprint density at radius 2 is 2.11 bits per heavy atom. The fourth-order valence-electron chi connectivity index (χ4n) is 1.88. The first-order valence-electron chi connectivity index (χ1n) is 6.91. The minimum atomic E-state index is 0.138. The second-order valence-electron chi connectivity index (χ2n) is 4.53. The topological polar surface area (TPSA) is 80.0 Å². The molecule has 1 heterocycles. The number of anilines is 2. The van der Waals surface area contributed by atoms with Gasteiger partial charge in [0.15, 0.2) is 0 Å². The summed E-state index contributed by atoms with van der Waals surface area (Å²) in [6.45, 7) is 5.50. The Morgan fingerprint density at radius 3 is 2.74 bits per heavy atom. The first kappa shape index (κ1) is 15.3. The van der Waals surface area contributed by atoms with E-state index in [0.717, 1.165) is 25.8 Å². The van der Waals surface area contributed by atoms with E-state index in [-0.39, 0.29) is 11.8 Å². The van der Waals surface area contributed by atoms with Gasteiger partial charge in [-0.1, -0.05) is 13.8 Å². The van der Waals surface area contributed by atoms with Crippen LogP contribution in [-0.2, 0) is 4.79 Å². The van der Waals surface area contributed by atoms with Crippen LogP contribution in [0.15, 0.2) is 18.3 Å². The lowest BCUT2D eigenvalue weighted by molar-refractivity contribution is -0.125. The minimum absolute atomic E-state index is 0.138. The molecule has 0 saturated carbocycles. The molecule has 0 aliphatic heterocycles. The first-order chi connectivity index (χ1) is 9.19. The third-order valence-corrected chi connectivity index (χ3v) is 3.14. The highest BCUT2D eigenvalue weighted by Crippen LogP contribution is 2.12. The highest BCUT2D eigenvalue weighted by atomic mass is 16.1. The summed E-state index contributed by atoms with van der Waals surface area (Å²) in [6, 6.07) is 3.61. The lowest BCUT2D eigenvalue weighted by Gasteiger charge is -2.13. The van der Waals surface area contributed by atoms with Gasteiger partial charge in [0, 0.05) is 25.2 Å². The van der Waals surface area contributed by atoms with E-state index in [1.54, 1.807) is 12.3 Å². The molecule has 1 aromatic rings. The molecule has 4 N–H and O–H groups in total. The van der Waals surface area contributed by atoms with E-state index in [2.05, 4.69) is 15.6 Å². The Bertz CT molecular complexity index is 391. The summed E-state index contributed by atoms with van der Waals surface area (Å²) in [7, 11) is 0. The van der Waals surface area contributed by atoms with Crippen LogP contribution in [0.2, 0.25) is 0 Å². The largest absolute Gasteiger partial charge is 0.396 e. The SMILES string of the molecule is CCC(CC)C(=O)NCCCNc1ncccc1N. The molecule has 5 nitrogen and oxygen atoms in total. The van der Waals surface area contributed by atoms with Crippen molar-refractivity contribution < 1.29 is 4.79 Å². The molecule has 5 heteroatoms. The summed E-state index contributed by atoms with van der Waals surface area (Å²) in [5.41, 5.74) is 6.41. The molecule has 0 unspecified atom stereocenters. The molecule has 0 bridgehead atoms. The maximum atomic E-state index is 11.7. The number of nitrogens with one attached hydrogen (secondary N) is 2. The Kier molecular flexibility index (Phi) is 6.71. The number of rotatable bonds is 8. The minimum Gasteiger partial charge on any atom is -0.396 e. The quantitative estimate of drug-likeness (QED) is 0.628. The van der Waals surface area contributed by atoms with E-state index >= 15 is 0 Å². The Labute approximate surface area is 115 Å². The van der Waals surface area contributed by atoms with Gasteiger partial charge in [0.25, 0.3) is 0 Å². The standard InChI is InChI=1S/C14H24N4O/c1-3-11(4-2)14(19)18-10-6-9-17-13-12(15)7-5-8-16-13/h5,7-8,11H,3-4,6,9-10,15H2,1-2H3,(H,16,17)(H,18,19). The maximum absolute atomic E-state index is 11.7. The summed E-state index contributed by atoms with van der Waals surface area (Å²) >= 11 is 0. The summed E-state index contributed by atoms with van der Waals surface area (Å²) in [4.78, 5) is 15.9. The number of carbonyl (C=O) groups is 1. The zero-order valence-corrected chi connectivity index (χ0v) is 11.8. The molecule has 0 radical (unpaired) electrons. The molecule has 1 amide bonds. The van der Waals surface area contributed by atoms with Crippen molar-refractivity contribution in [1.29, 1.82) is 0 Å². The third-order valence-electron chi connectivity index (χ3n) is 3.14. The zero-order valence-electron chi connectivity index (χ0n) is 11.8. The molecule has 0 aromatic carbocycles. The molecule has 0 aliphatic rings. The summed E-state index contributed by atoms with van der Waals surface area (Å²) in [6.07, 6.45) is 4.34. The summed E-state index contributed by atoms with van der Waals surface area (Å²) in [5.74, 6) is 0.996.